The van der Waals surface area contributed by atoms with E-state index >= 15 is 0 Å². The van der Waals surface area contributed by atoms with Crippen molar-refractivity contribution in [3.8, 4) is 5.75 Å². The number of amides is 3. The number of hydrogen-bond donors (Lipinski definition) is 2. The Hall–Kier alpha value is -2.88. The fraction of sp³-hybridized carbons (Fsp3) is 0.609. The van der Waals surface area contributed by atoms with Gasteiger partial charge in [0.05, 0.1) is 18.9 Å². The molecule has 2 atom stereocenters. The van der Waals surface area contributed by atoms with Crippen molar-refractivity contribution in [1.29, 1.82) is 0 Å². The van der Waals surface area contributed by atoms with Crippen molar-refractivity contribution >= 4 is 23.6 Å². The average molecular weight is 466 g/mol. The van der Waals surface area contributed by atoms with E-state index in [1.807, 2.05) is 0 Å². The minimum Gasteiger partial charge on any atom is -0.479 e. The summed E-state index contributed by atoms with van der Waals surface area (Å²) >= 11 is 0. The van der Waals surface area contributed by atoms with E-state index in [9.17, 15) is 18.8 Å². The zero-order valence-electron chi connectivity index (χ0n) is 19.7. The van der Waals surface area contributed by atoms with E-state index in [4.69, 9.17) is 14.2 Å². The second-order valence-corrected chi connectivity index (χ2v) is 9.34. The van der Waals surface area contributed by atoms with Crippen LogP contribution in [0.25, 0.3) is 0 Å². The molecule has 2 aliphatic rings. The van der Waals surface area contributed by atoms with Crippen LogP contribution in [0.3, 0.4) is 0 Å². The summed E-state index contributed by atoms with van der Waals surface area (Å²) in [6.07, 6.45) is 0.193. The highest BCUT2D eigenvalue weighted by atomic mass is 19.1. The first kappa shape index (κ1) is 24.8. The van der Waals surface area contributed by atoms with Gasteiger partial charge in [-0.3, -0.25) is 14.5 Å². The van der Waals surface area contributed by atoms with Gasteiger partial charge in [0, 0.05) is 19.9 Å². The van der Waals surface area contributed by atoms with Gasteiger partial charge in [-0.05, 0) is 39.3 Å². The summed E-state index contributed by atoms with van der Waals surface area (Å²) < 4.78 is 31.5. The molecule has 1 aromatic carbocycles. The number of ether oxygens (including phenoxy) is 3. The number of carbonyl (C=O) groups is 3. The zero-order chi connectivity index (χ0) is 24.4. The molecule has 2 N–H and O–H groups in total. The first-order valence-corrected chi connectivity index (χ1v) is 11.1. The number of para-hydroxylation sites is 1. The van der Waals surface area contributed by atoms with Gasteiger partial charge in [-0.2, -0.15) is 0 Å². The zero-order valence-corrected chi connectivity index (χ0v) is 19.7. The predicted octanol–water partition coefficient (Wildman–Crippen LogP) is 2.84. The quantitative estimate of drug-likeness (QED) is 0.708. The van der Waals surface area contributed by atoms with E-state index in [0.29, 0.717) is 19.6 Å². The lowest BCUT2D eigenvalue weighted by molar-refractivity contribution is -0.138. The first-order chi connectivity index (χ1) is 15.5. The summed E-state index contributed by atoms with van der Waals surface area (Å²) in [5.74, 6) is -1.74. The number of fused-ring (bicyclic) bond motifs is 1. The molecule has 1 fully saturated rings. The second kappa shape index (κ2) is 9.54. The highest BCUT2D eigenvalue weighted by molar-refractivity contribution is 6.00. The van der Waals surface area contributed by atoms with E-state index in [1.54, 1.807) is 33.8 Å². The molecule has 0 radical (unpaired) electrons. The number of rotatable bonds is 4. The molecule has 1 spiro atoms. The fourth-order valence-corrected chi connectivity index (χ4v) is 4.06. The van der Waals surface area contributed by atoms with E-state index in [1.165, 1.54) is 24.1 Å². The molecule has 0 aliphatic carbocycles. The molecule has 10 heteroatoms. The van der Waals surface area contributed by atoms with E-state index in [2.05, 4.69) is 10.6 Å². The molecule has 9 nitrogen and oxygen atoms in total. The van der Waals surface area contributed by atoms with Crippen molar-refractivity contribution in [2.75, 3.05) is 25.6 Å². The Bertz CT molecular complexity index is 910. The second-order valence-electron chi connectivity index (χ2n) is 9.34. The van der Waals surface area contributed by atoms with Gasteiger partial charge in [-0.1, -0.05) is 13.0 Å². The van der Waals surface area contributed by atoms with Crippen LogP contribution in [0.1, 0.15) is 47.0 Å². The maximum Gasteiger partial charge on any atom is 0.410 e. The molecule has 3 rings (SSSR count). The lowest BCUT2D eigenvalue weighted by Gasteiger charge is -2.41. The van der Waals surface area contributed by atoms with Gasteiger partial charge in [0.25, 0.3) is 5.91 Å². The van der Waals surface area contributed by atoms with Crippen LogP contribution in [0.15, 0.2) is 18.2 Å². The first-order valence-electron chi connectivity index (χ1n) is 11.1. The SMILES string of the molecule is CC[C@@H](C(=O)N[C@@H]1C(=O)Nc2cccc(F)c2OC12CCOCC2)N(C)C(=O)OC(C)(C)C. The molecule has 2 aliphatic heterocycles. The largest absolute Gasteiger partial charge is 0.479 e. The molecule has 0 bridgehead atoms. The van der Waals surface area contributed by atoms with Gasteiger partial charge in [-0.15, -0.1) is 0 Å². The molecule has 182 valence electrons. The predicted molar refractivity (Wildman–Crippen MR) is 118 cm³/mol. The Balaban J connectivity index is 1.88. The lowest BCUT2D eigenvalue weighted by atomic mass is 9.85. The van der Waals surface area contributed by atoms with Crippen LogP contribution in [0.4, 0.5) is 14.9 Å². The standard InChI is InChI=1S/C23H32FN3O6/c1-6-16(27(5)21(30)33-22(2,3)4)19(28)26-18-20(29)25-15-9-7-8-14(24)17(15)32-23(18)10-12-31-13-11-23/h7-9,16,18H,6,10-13H2,1-5H3,(H,25,29)(H,26,28)/t16-,18+/m0/s1. The Morgan fingerprint density at radius 1 is 1.33 bits per heavy atom. The average Bonchev–Trinajstić information content (AvgIpc) is 2.84. The van der Waals surface area contributed by atoms with E-state index < -0.39 is 47.0 Å². The summed E-state index contributed by atoms with van der Waals surface area (Å²) in [5.41, 5.74) is -1.73. The number of benzene rings is 1. The Morgan fingerprint density at radius 3 is 2.61 bits per heavy atom. The van der Waals surface area contributed by atoms with E-state index in [-0.39, 0.29) is 24.3 Å². The number of halogens is 1. The third-order valence-electron chi connectivity index (χ3n) is 5.78. The van der Waals surface area contributed by atoms with Crippen molar-refractivity contribution < 1.29 is 33.0 Å². The molecule has 1 saturated heterocycles. The third kappa shape index (κ3) is 5.38. The van der Waals surface area contributed by atoms with Gasteiger partial charge in [0.15, 0.2) is 11.6 Å². The summed E-state index contributed by atoms with van der Waals surface area (Å²) in [4.78, 5) is 40.2. The van der Waals surface area contributed by atoms with Crippen molar-refractivity contribution in [3.05, 3.63) is 24.0 Å². The van der Waals surface area contributed by atoms with Crippen molar-refractivity contribution in [2.24, 2.45) is 0 Å². The monoisotopic (exact) mass is 465 g/mol. The smallest absolute Gasteiger partial charge is 0.410 e. The molecule has 0 aromatic heterocycles. The van der Waals surface area contributed by atoms with Crippen molar-refractivity contribution in [1.82, 2.24) is 10.2 Å². The third-order valence-corrected chi connectivity index (χ3v) is 5.78. The molecule has 0 unspecified atom stereocenters. The summed E-state index contributed by atoms with van der Waals surface area (Å²) in [6, 6.07) is 2.25. The summed E-state index contributed by atoms with van der Waals surface area (Å²) in [7, 11) is 1.47. The minimum atomic E-state index is -1.20. The highest BCUT2D eigenvalue weighted by Crippen LogP contribution is 2.39. The molecule has 1 aromatic rings. The Morgan fingerprint density at radius 2 is 2.00 bits per heavy atom. The van der Waals surface area contributed by atoms with Gasteiger partial charge >= 0.3 is 6.09 Å². The Labute approximate surface area is 192 Å². The molecular weight excluding hydrogens is 433 g/mol. The molecule has 2 heterocycles. The molecule has 33 heavy (non-hydrogen) atoms. The van der Waals surface area contributed by atoms with Crippen LogP contribution in [0.5, 0.6) is 5.75 Å². The van der Waals surface area contributed by atoms with Crippen LogP contribution in [0.2, 0.25) is 0 Å². The van der Waals surface area contributed by atoms with Crippen LogP contribution >= 0.6 is 0 Å². The van der Waals surface area contributed by atoms with Gasteiger partial charge in [-0.25, -0.2) is 9.18 Å². The fourth-order valence-electron chi connectivity index (χ4n) is 4.06. The van der Waals surface area contributed by atoms with E-state index in [0.717, 1.165) is 0 Å². The summed E-state index contributed by atoms with van der Waals surface area (Å²) in [5, 5.41) is 5.44. The maximum absolute atomic E-state index is 14.6. The van der Waals surface area contributed by atoms with Gasteiger partial charge in [0.2, 0.25) is 5.91 Å². The normalized spacial score (nSPS) is 20.5. The van der Waals surface area contributed by atoms with Crippen molar-refractivity contribution in [3.63, 3.8) is 0 Å². The van der Waals surface area contributed by atoms with Crippen LogP contribution < -0.4 is 15.4 Å². The lowest BCUT2D eigenvalue weighted by Crippen LogP contribution is -2.64. The van der Waals surface area contributed by atoms with Gasteiger partial charge in [0.1, 0.15) is 23.3 Å². The highest BCUT2D eigenvalue weighted by Gasteiger charge is 2.50. The molecule has 3 amide bonds. The summed E-state index contributed by atoms with van der Waals surface area (Å²) in [6.45, 7) is 7.54. The number of nitrogens with zero attached hydrogens (tertiary/aromatic N) is 1. The number of anilines is 1. The van der Waals surface area contributed by atoms with Crippen LogP contribution in [0, 0.1) is 5.82 Å². The van der Waals surface area contributed by atoms with Crippen LogP contribution in [-0.2, 0) is 19.1 Å². The maximum atomic E-state index is 14.6. The minimum absolute atomic E-state index is 0.0672. The van der Waals surface area contributed by atoms with Crippen LogP contribution in [-0.4, -0.2) is 66.4 Å². The van der Waals surface area contributed by atoms with Gasteiger partial charge < -0.3 is 24.8 Å². The topological polar surface area (TPSA) is 106 Å². The number of hydrogen-bond acceptors (Lipinski definition) is 6. The number of carbonyl (C=O) groups excluding carboxylic acids is 3. The molecular formula is C23H32FN3O6. The number of likely N-dealkylation sites (N-methyl/N-ethyl adjacent to an activating group) is 1. The Kier molecular flexibility index (Phi) is 7.16. The number of nitrogens with one attached hydrogen (secondary N) is 2. The van der Waals surface area contributed by atoms with Crippen molar-refractivity contribution in [2.45, 2.75) is 70.2 Å². The molecule has 0 saturated carbocycles.